The van der Waals surface area contributed by atoms with Crippen LogP contribution in [0.5, 0.6) is 0 Å². The number of likely N-dealkylation sites (N-methyl/N-ethyl adjacent to an activating group) is 2. The molecular formula is C14H20N2O3. The van der Waals surface area contributed by atoms with Crippen molar-refractivity contribution in [1.82, 2.24) is 4.90 Å². The number of amides is 1. The fourth-order valence-corrected chi connectivity index (χ4v) is 1.95. The van der Waals surface area contributed by atoms with Gasteiger partial charge in [-0.1, -0.05) is 12.1 Å². The molecule has 1 aromatic rings. The van der Waals surface area contributed by atoms with Crippen LogP contribution >= 0.6 is 0 Å². The van der Waals surface area contributed by atoms with Crippen LogP contribution in [0.2, 0.25) is 0 Å². The molecule has 0 atom stereocenters. The third-order valence-corrected chi connectivity index (χ3v) is 3.03. The van der Waals surface area contributed by atoms with Gasteiger partial charge in [-0.15, -0.1) is 0 Å². The van der Waals surface area contributed by atoms with Crippen molar-refractivity contribution in [3.05, 3.63) is 29.8 Å². The van der Waals surface area contributed by atoms with Crippen LogP contribution in [0.4, 0.5) is 5.69 Å². The molecule has 5 nitrogen and oxygen atoms in total. The Morgan fingerprint density at radius 2 is 1.74 bits per heavy atom. The van der Waals surface area contributed by atoms with Crippen LogP contribution in [-0.4, -0.2) is 48.6 Å². The van der Waals surface area contributed by atoms with Crippen molar-refractivity contribution in [3.63, 3.8) is 0 Å². The maximum Gasteiger partial charge on any atom is 0.337 e. The van der Waals surface area contributed by atoms with Gasteiger partial charge in [-0.25, -0.2) is 4.79 Å². The summed E-state index contributed by atoms with van der Waals surface area (Å²) >= 11 is 0. The van der Waals surface area contributed by atoms with Crippen LogP contribution in [0.3, 0.4) is 0 Å². The normalized spacial score (nSPS) is 10.1. The maximum atomic E-state index is 12.0. The minimum Gasteiger partial charge on any atom is -0.478 e. The van der Waals surface area contributed by atoms with Gasteiger partial charge in [0.05, 0.1) is 17.8 Å². The molecule has 0 bridgehead atoms. The first-order valence-electron chi connectivity index (χ1n) is 6.32. The third kappa shape index (κ3) is 3.71. The average molecular weight is 264 g/mol. The first-order chi connectivity index (χ1) is 9.01. The van der Waals surface area contributed by atoms with Gasteiger partial charge in [0.25, 0.3) is 0 Å². The fraction of sp³-hybridized carbons (Fsp3) is 0.429. The van der Waals surface area contributed by atoms with Crippen LogP contribution < -0.4 is 4.90 Å². The maximum absolute atomic E-state index is 12.0. The molecule has 1 rings (SSSR count). The molecule has 0 radical (unpaired) electrons. The van der Waals surface area contributed by atoms with Crippen molar-refractivity contribution in [2.45, 2.75) is 13.8 Å². The van der Waals surface area contributed by atoms with E-state index in [-0.39, 0.29) is 18.0 Å². The number of hydrogen-bond acceptors (Lipinski definition) is 3. The number of rotatable bonds is 6. The number of nitrogens with zero attached hydrogens (tertiary/aromatic N) is 2. The summed E-state index contributed by atoms with van der Waals surface area (Å²) in [6.07, 6.45) is 0. The molecule has 1 aromatic carbocycles. The molecule has 1 N–H and O–H groups in total. The number of benzene rings is 1. The van der Waals surface area contributed by atoms with Crippen molar-refractivity contribution < 1.29 is 14.7 Å². The monoisotopic (exact) mass is 264 g/mol. The molecule has 0 saturated heterocycles. The smallest absolute Gasteiger partial charge is 0.337 e. The predicted molar refractivity (Wildman–Crippen MR) is 74.6 cm³/mol. The van der Waals surface area contributed by atoms with E-state index in [9.17, 15) is 9.59 Å². The van der Waals surface area contributed by atoms with E-state index in [1.165, 1.54) is 6.07 Å². The second-order valence-corrected chi connectivity index (χ2v) is 4.24. The number of carboxylic acids is 1. The summed E-state index contributed by atoms with van der Waals surface area (Å²) in [5.74, 6) is -0.995. The Balaban J connectivity index is 2.87. The molecule has 104 valence electrons. The van der Waals surface area contributed by atoms with Gasteiger partial charge >= 0.3 is 5.97 Å². The lowest BCUT2D eigenvalue weighted by Gasteiger charge is -2.25. The van der Waals surface area contributed by atoms with E-state index in [0.29, 0.717) is 18.8 Å². The topological polar surface area (TPSA) is 60.9 Å². The first-order valence-corrected chi connectivity index (χ1v) is 6.32. The third-order valence-electron chi connectivity index (χ3n) is 3.03. The summed E-state index contributed by atoms with van der Waals surface area (Å²) in [5, 5.41) is 9.13. The summed E-state index contributed by atoms with van der Waals surface area (Å²) in [5.41, 5.74) is 0.757. The molecule has 5 heteroatoms. The second-order valence-electron chi connectivity index (χ2n) is 4.24. The van der Waals surface area contributed by atoms with E-state index >= 15 is 0 Å². The number of aromatic carboxylic acids is 1. The standard InChI is InChI=1S/C14H20N2O3/c1-4-16(5-2)13(17)10-15(3)12-9-7-6-8-11(12)14(18)19/h6-9H,4-5,10H2,1-3H3,(H,18,19). The molecule has 0 aliphatic carbocycles. The van der Waals surface area contributed by atoms with Crippen LogP contribution in [0, 0.1) is 0 Å². The molecule has 0 spiro atoms. The number of anilines is 1. The summed E-state index contributed by atoms with van der Waals surface area (Å²) in [6, 6.07) is 6.68. The van der Waals surface area contributed by atoms with Crippen molar-refractivity contribution >= 4 is 17.6 Å². The molecule has 0 fully saturated rings. The number of para-hydroxylation sites is 1. The Morgan fingerprint density at radius 1 is 1.16 bits per heavy atom. The van der Waals surface area contributed by atoms with Gasteiger partial charge in [0.2, 0.25) is 5.91 Å². The Labute approximate surface area is 113 Å². The highest BCUT2D eigenvalue weighted by molar-refractivity contribution is 5.95. The molecule has 0 aliphatic heterocycles. The zero-order valence-corrected chi connectivity index (χ0v) is 11.6. The lowest BCUT2D eigenvalue weighted by molar-refractivity contribution is -0.129. The highest BCUT2D eigenvalue weighted by Gasteiger charge is 2.17. The van der Waals surface area contributed by atoms with Crippen LogP contribution in [0.1, 0.15) is 24.2 Å². The molecule has 19 heavy (non-hydrogen) atoms. The lowest BCUT2D eigenvalue weighted by Crippen LogP contribution is -2.39. The number of carbonyl (C=O) groups excluding carboxylic acids is 1. The van der Waals surface area contributed by atoms with E-state index in [1.54, 1.807) is 35.0 Å². The molecule has 1 amide bonds. The summed E-state index contributed by atoms with van der Waals surface area (Å²) in [6.45, 7) is 5.33. The van der Waals surface area contributed by atoms with Gasteiger partial charge in [-0.05, 0) is 26.0 Å². The molecule has 0 saturated carbocycles. The molecule has 0 unspecified atom stereocenters. The van der Waals surface area contributed by atoms with E-state index in [4.69, 9.17) is 5.11 Å². The highest BCUT2D eigenvalue weighted by atomic mass is 16.4. The van der Waals surface area contributed by atoms with Gasteiger partial charge in [0, 0.05) is 20.1 Å². The van der Waals surface area contributed by atoms with Gasteiger partial charge in [-0.2, -0.15) is 0 Å². The Hall–Kier alpha value is -2.04. The average Bonchev–Trinajstić information content (AvgIpc) is 2.40. The van der Waals surface area contributed by atoms with E-state index in [1.807, 2.05) is 13.8 Å². The van der Waals surface area contributed by atoms with E-state index in [2.05, 4.69) is 0 Å². The number of carbonyl (C=O) groups is 2. The molecule has 0 heterocycles. The van der Waals surface area contributed by atoms with Crippen LogP contribution in [0.25, 0.3) is 0 Å². The second kappa shape index (κ2) is 6.78. The van der Waals surface area contributed by atoms with Crippen LogP contribution in [-0.2, 0) is 4.79 Å². The van der Waals surface area contributed by atoms with Crippen LogP contribution in [0.15, 0.2) is 24.3 Å². The summed E-state index contributed by atoms with van der Waals surface area (Å²) in [4.78, 5) is 26.5. The Kier molecular flexibility index (Phi) is 5.36. The van der Waals surface area contributed by atoms with Crippen molar-refractivity contribution in [3.8, 4) is 0 Å². The zero-order chi connectivity index (χ0) is 14.4. The zero-order valence-electron chi connectivity index (χ0n) is 11.6. The minimum absolute atomic E-state index is 0.00677. The number of hydrogen-bond donors (Lipinski definition) is 1. The largest absolute Gasteiger partial charge is 0.478 e. The minimum atomic E-state index is -0.988. The Bertz CT molecular complexity index is 456. The van der Waals surface area contributed by atoms with Crippen molar-refractivity contribution in [2.24, 2.45) is 0 Å². The molecular weight excluding hydrogens is 244 g/mol. The van der Waals surface area contributed by atoms with Gasteiger partial charge in [0.1, 0.15) is 0 Å². The first kappa shape index (κ1) is 15.0. The quantitative estimate of drug-likeness (QED) is 0.849. The van der Waals surface area contributed by atoms with E-state index < -0.39 is 5.97 Å². The summed E-state index contributed by atoms with van der Waals surface area (Å²) in [7, 11) is 1.73. The molecule has 0 aromatic heterocycles. The SMILES string of the molecule is CCN(CC)C(=O)CN(C)c1ccccc1C(=O)O. The van der Waals surface area contributed by atoms with Gasteiger partial charge in [0.15, 0.2) is 0 Å². The lowest BCUT2D eigenvalue weighted by atomic mass is 10.1. The van der Waals surface area contributed by atoms with Gasteiger partial charge < -0.3 is 14.9 Å². The fourth-order valence-electron chi connectivity index (χ4n) is 1.95. The van der Waals surface area contributed by atoms with E-state index in [0.717, 1.165) is 0 Å². The summed E-state index contributed by atoms with van der Waals surface area (Å²) < 4.78 is 0. The molecule has 0 aliphatic rings. The Morgan fingerprint density at radius 3 is 2.26 bits per heavy atom. The van der Waals surface area contributed by atoms with Gasteiger partial charge in [-0.3, -0.25) is 4.79 Å². The van der Waals surface area contributed by atoms with Crippen molar-refractivity contribution in [2.75, 3.05) is 31.6 Å². The highest BCUT2D eigenvalue weighted by Crippen LogP contribution is 2.19. The number of carboxylic acid groups (broad SMARTS) is 1. The van der Waals surface area contributed by atoms with Crippen molar-refractivity contribution in [1.29, 1.82) is 0 Å². The predicted octanol–water partition coefficient (Wildman–Crippen LogP) is 1.69.